The van der Waals surface area contributed by atoms with Gasteiger partial charge < -0.3 is 10.2 Å². The summed E-state index contributed by atoms with van der Waals surface area (Å²) in [5.41, 5.74) is 4.45. The number of rotatable bonds is 10. The molecule has 2 nitrogen and oxygen atoms in total. The second-order valence-electron chi connectivity index (χ2n) is 10.0. The minimum Gasteiger partial charge on any atom is -0.507 e. The number of aromatic hydroxyl groups is 2. The van der Waals surface area contributed by atoms with Crippen LogP contribution in [0.15, 0.2) is 54.6 Å². The van der Waals surface area contributed by atoms with Gasteiger partial charge in [0, 0.05) is 10.6 Å². The van der Waals surface area contributed by atoms with Gasteiger partial charge in [0.25, 0.3) is 0 Å². The van der Waals surface area contributed by atoms with Crippen molar-refractivity contribution in [3.63, 3.8) is 0 Å². The molecular weight excluding hydrogens is 451 g/mol. The van der Waals surface area contributed by atoms with Gasteiger partial charge in [-0.2, -0.15) is 0 Å². The van der Waals surface area contributed by atoms with Crippen molar-refractivity contribution in [1.29, 1.82) is 0 Å². The van der Waals surface area contributed by atoms with Gasteiger partial charge >= 0.3 is 0 Å². The van der Waals surface area contributed by atoms with Crippen LogP contribution in [0.25, 0.3) is 0 Å². The maximum absolute atomic E-state index is 11.4. The van der Waals surface area contributed by atoms with Crippen LogP contribution in [0, 0.1) is 13.8 Å². The minimum atomic E-state index is -2.16. The highest BCUT2D eigenvalue weighted by molar-refractivity contribution is 8.06. The molecule has 0 atom stereocenters. The number of aryl methyl sites for hydroxylation is 4. The van der Waals surface area contributed by atoms with Crippen LogP contribution in [0.2, 0.25) is 13.1 Å². The number of unbranched alkanes of at least 4 members (excludes halogenated alkanes) is 2. The first kappa shape index (κ1) is 26.5. The van der Waals surface area contributed by atoms with Gasteiger partial charge in [0.1, 0.15) is 19.2 Å². The number of phenols is 2. The van der Waals surface area contributed by atoms with Crippen molar-refractivity contribution in [3.8, 4) is 11.5 Å². The topological polar surface area (TPSA) is 40.5 Å². The lowest BCUT2D eigenvalue weighted by atomic mass is 10.1. The molecule has 3 rings (SSSR count). The Balaban J connectivity index is 2.30. The first-order valence-electron chi connectivity index (χ1n) is 12.7. The number of phenolic OH excluding ortho intramolecular Hbond substituents is 2. The molecule has 0 heterocycles. The van der Waals surface area contributed by atoms with E-state index in [0.717, 1.165) is 60.3 Å². The fourth-order valence-corrected chi connectivity index (χ4v) is 14.7. The van der Waals surface area contributed by atoms with Gasteiger partial charge in [0.2, 0.25) is 0 Å². The molecule has 0 aliphatic heterocycles. The van der Waals surface area contributed by atoms with E-state index in [-0.39, 0.29) is 0 Å². The summed E-state index contributed by atoms with van der Waals surface area (Å²) in [6, 6.07) is 19.5. The zero-order valence-electron chi connectivity index (χ0n) is 21.8. The lowest BCUT2D eigenvalue weighted by Gasteiger charge is -2.36. The van der Waals surface area contributed by atoms with Gasteiger partial charge in [-0.1, -0.05) is 87.4 Å². The van der Waals surface area contributed by atoms with Crippen molar-refractivity contribution in [2.75, 3.05) is 0 Å². The molecule has 0 radical (unpaired) electrons. The van der Waals surface area contributed by atoms with E-state index in [1.54, 1.807) is 0 Å². The second-order valence-corrected chi connectivity index (χ2v) is 20.1. The monoisotopic (exact) mass is 492 g/mol. The SMILES string of the molecule is CCCCc1cc(C)c(O)c(P(c2cc(CCCC)cc(C)c2O)[Si](C)(C)c2ccccc2)c1. The highest BCUT2D eigenvalue weighted by atomic mass is 31.4. The van der Waals surface area contributed by atoms with E-state index in [0.29, 0.717) is 11.5 Å². The van der Waals surface area contributed by atoms with Crippen LogP contribution >= 0.6 is 7.47 Å². The Morgan fingerprint density at radius 3 is 1.56 bits per heavy atom. The Hall–Kier alpha value is -2.09. The molecule has 3 aromatic rings. The Labute approximate surface area is 208 Å². The van der Waals surface area contributed by atoms with Crippen LogP contribution in [-0.4, -0.2) is 18.0 Å². The largest absolute Gasteiger partial charge is 0.507 e. The van der Waals surface area contributed by atoms with Gasteiger partial charge in [-0.05, 0) is 81.4 Å². The molecule has 34 heavy (non-hydrogen) atoms. The van der Waals surface area contributed by atoms with Gasteiger partial charge in [0.15, 0.2) is 0 Å². The third-order valence-electron chi connectivity index (χ3n) is 6.84. The van der Waals surface area contributed by atoms with E-state index in [2.05, 4.69) is 81.5 Å². The Morgan fingerprint density at radius 1 is 0.706 bits per heavy atom. The van der Waals surface area contributed by atoms with Crippen LogP contribution in [0.1, 0.15) is 61.8 Å². The first-order valence-corrected chi connectivity index (χ1v) is 17.9. The van der Waals surface area contributed by atoms with Crippen LogP contribution in [0.5, 0.6) is 11.5 Å². The van der Waals surface area contributed by atoms with Crippen LogP contribution in [-0.2, 0) is 12.8 Å². The molecule has 0 fully saturated rings. The molecule has 0 unspecified atom stereocenters. The van der Waals surface area contributed by atoms with Gasteiger partial charge in [0.05, 0.1) is 0 Å². The van der Waals surface area contributed by atoms with Crippen molar-refractivity contribution in [1.82, 2.24) is 0 Å². The van der Waals surface area contributed by atoms with Crippen molar-refractivity contribution >= 4 is 31.0 Å². The standard InChI is InChI=1S/C30H41O2PSi/c1-7-9-14-24-18-22(3)29(31)27(20-24)33(34(5,6)26-16-12-11-13-17-26)28-21-25(15-10-8-2)19-23(4)30(28)32/h11-13,16-21,31-32H,7-10,14-15H2,1-6H3. The number of hydrogen-bond donors (Lipinski definition) is 2. The van der Waals surface area contributed by atoms with Gasteiger partial charge in [-0.15, -0.1) is 0 Å². The molecule has 0 aliphatic carbocycles. The van der Waals surface area contributed by atoms with E-state index in [1.165, 1.54) is 16.3 Å². The third-order valence-corrected chi connectivity index (χ3v) is 16.9. The quantitative estimate of drug-likeness (QED) is 0.238. The highest BCUT2D eigenvalue weighted by Gasteiger charge is 2.39. The van der Waals surface area contributed by atoms with E-state index < -0.39 is 15.2 Å². The van der Waals surface area contributed by atoms with Gasteiger partial charge in [-0.3, -0.25) is 0 Å². The Morgan fingerprint density at radius 2 is 1.15 bits per heavy atom. The first-order chi connectivity index (χ1) is 16.2. The summed E-state index contributed by atoms with van der Waals surface area (Å²) in [7, 11) is -3.13. The molecule has 3 aromatic carbocycles. The predicted octanol–water partition coefficient (Wildman–Crippen LogP) is 6.94. The van der Waals surface area contributed by atoms with Crippen LogP contribution in [0.3, 0.4) is 0 Å². The van der Waals surface area contributed by atoms with Crippen molar-refractivity contribution in [2.24, 2.45) is 0 Å². The van der Waals surface area contributed by atoms with E-state index in [9.17, 15) is 10.2 Å². The summed E-state index contributed by atoms with van der Waals surface area (Å²) in [6.45, 7) is 13.3. The average Bonchev–Trinajstić information content (AvgIpc) is 2.82. The van der Waals surface area contributed by atoms with Crippen molar-refractivity contribution in [2.45, 2.75) is 79.3 Å². The summed E-state index contributed by atoms with van der Waals surface area (Å²) in [5.74, 6) is 0.803. The molecule has 0 saturated heterocycles. The summed E-state index contributed by atoms with van der Waals surface area (Å²) < 4.78 is 0. The fourth-order valence-electron chi connectivity index (χ4n) is 4.77. The fraction of sp³-hybridized carbons (Fsp3) is 0.400. The van der Waals surface area contributed by atoms with Crippen molar-refractivity contribution in [3.05, 3.63) is 76.9 Å². The van der Waals surface area contributed by atoms with Crippen LogP contribution < -0.4 is 15.8 Å². The van der Waals surface area contributed by atoms with Crippen LogP contribution in [0.4, 0.5) is 0 Å². The molecule has 0 aromatic heterocycles. The highest BCUT2D eigenvalue weighted by Crippen LogP contribution is 2.50. The molecule has 4 heteroatoms. The third kappa shape index (κ3) is 5.75. The molecule has 0 amide bonds. The lowest BCUT2D eigenvalue weighted by Crippen LogP contribution is -2.45. The maximum Gasteiger partial charge on any atom is 0.126 e. The molecule has 0 aliphatic rings. The zero-order valence-corrected chi connectivity index (χ0v) is 23.7. The molecule has 0 spiro atoms. The molecule has 2 N–H and O–H groups in total. The zero-order chi connectivity index (χ0) is 24.9. The Bertz CT molecular complexity index is 1050. The number of benzene rings is 3. The molecular formula is C30H41O2PSi. The lowest BCUT2D eigenvalue weighted by molar-refractivity contribution is 0.474. The van der Waals surface area contributed by atoms with E-state index in [1.807, 2.05) is 13.8 Å². The summed E-state index contributed by atoms with van der Waals surface area (Å²) in [4.78, 5) is 0. The summed E-state index contributed by atoms with van der Waals surface area (Å²) >= 11 is 0. The molecule has 0 bridgehead atoms. The Kier molecular flexibility index (Phi) is 9.01. The average molecular weight is 493 g/mol. The molecule has 182 valence electrons. The normalized spacial score (nSPS) is 11.9. The smallest absolute Gasteiger partial charge is 0.126 e. The maximum atomic E-state index is 11.4. The van der Waals surface area contributed by atoms with Crippen molar-refractivity contribution < 1.29 is 10.2 Å². The predicted molar refractivity (Wildman–Crippen MR) is 153 cm³/mol. The minimum absolute atomic E-state index is 0.402. The van der Waals surface area contributed by atoms with Gasteiger partial charge in [-0.25, -0.2) is 0 Å². The summed E-state index contributed by atoms with van der Waals surface area (Å²) in [5, 5.41) is 26.3. The van der Waals surface area contributed by atoms with E-state index in [4.69, 9.17) is 0 Å². The second kappa shape index (κ2) is 11.6. The molecule has 0 saturated carbocycles. The number of hydrogen-bond acceptors (Lipinski definition) is 2. The summed E-state index contributed by atoms with van der Waals surface area (Å²) in [6.07, 6.45) is 6.60. The van der Waals surface area contributed by atoms with E-state index >= 15 is 0 Å².